The van der Waals surface area contributed by atoms with E-state index >= 15 is 0 Å². The molecule has 2 aromatic heterocycles. The lowest BCUT2D eigenvalue weighted by molar-refractivity contribution is -0.0660. The van der Waals surface area contributed by atoms with Gasteiger partial charge in [-0.2, -0.15) is 5.26 Å². The van der Waals surface area contributed by atoms with Crippen LogP contribution in [-0.2, 0) is 9.47 Å². The van der Waals surface area contributed by atoms with E-state index in [-0.39, 0.29) is 6.10 Å². The Morgan fingerprint density at radius 3 is 2.48 bits per heavy atom. The summed E-state index contributed by atoms with van der Waals surface area (Å²) in [6.45, 7) is 7.10. The maximum Gasteiger partial charge on any atom is 0.142 e. The lowest BCUT2D eigenvalue weighted by atomic mass is 10.0. The van der Waals surface area contributed by atoms with Gasteiger partial charge in [0, 0.05) is 72.9 Å². The Morgan fingerprint density at radius 1 is 0.929 bits per heavy atom. The highest BCUT2D eigenvalue weighted by molar-refractivity contribution is 5.96. The van der Waals surface area contributed by atoms with Gasteiger partial charge in [0.1, 0.15) is 23.7 Å². The van der Waals surface area contributed by atoms with Crippen molar-refractivity contribution in [3.63, 3.8) is 0 Å². The number of nitriles is 1. The first kappa shape index (κ1) is 26.8. The Hall–Kier alpha value is -4.10. The number of pyridine rings is 1. The molecule has 0 aliphatic carbocycles. The molecule has 9 nitrogen and oxygen atoms in total. The van der Waals surface area contributed by atoms with Gasteiger partial charge in [-0.05, 0) is 42.5 Å². The van der Waals surface area contributed by atoms with Crippen LogP contribution in [0, 0.1) is 11.3 Å². The zero-order valence-electron chi connectivity index (χ0n) is 23.8. The van der Waals surface area contributed by atoms with E-state index in [1.807, 2.05) is 24.3 Å². The Labute approximate surface area is 245 Å². The Kier molecular flexibility index (Phi) is 7.43. The summed E-state index contributed by atoms with van der Waals surface area (Å²) < 4.78 is 22.9. The van der Waals surface area contributed by atoms with E-state index in [1.54, 1.807) is 13.3 Å². The third kappa shape index (κ3) is 5.18. The number of rotatable bonds is 7. The summed E-state index contributed by atoms with van der Waals surface area (Å²) in [5, 5.41) is 10.9. The largest absolute Gasteiger partial charge is 0.495 e. The van der Waals surface area contributed by atoms with Gasteiger partial charge in [0.05, 0.1) is 56.5 Å². The van der Waals surface area contributed by atoms with Gasteiger partial charge in [0.15, 0.2) is 0 Å². The van der Waals surface area contributed by atoms with Crippen molar-refractivity contribution in [3.8, 4) is 40.1 Å². The quantitative estimate of drug-likeness (QED) is 0.340. The molecule has 0 bridgehead atoms. The summed E-state index contributed by atoms with van der Waals surface area (Å²) in [7, 11) is 1.74. The number of benzene rings is 2. The molecular formula is C33H35N5O4. The molecule has 0 unspecified atom stereocenters. The van der Waals surface area contributed by atoms with Crippen LogP contribution < -0.4 is 14.4 Å². The highest BCUT2D eigenvalue weighted by atomic mass is 16.5. The molecule has 2 aromatic carbocycles. The molecule has 42 heavy (non-hydrogen) atoms. The summed E-state index contributed by atoms with van der Waals surface area (Å²) in [6.07, 6.45) is 3.53. The van der Waals surface area contributed by atoms with Crippen LogP contribution in [0.25, 0.3) is 33.4 Å². The first-order valence-corrected chi connectivity index (χ1v) is 14.7. The maximum atomic E-state index is 9.90. The molecule has 0 saturated carbocycles. The number of hydrogen-bond donors (Lipinski definition) is 1. The SMILES string of the molecule is COc1cc(-c2cc3c(-c4ccc(OC5CCOCC5)c(C#N)c4)nccc3[nH]2)ccc1N1CCN(C2COC2)CC1. The summed E-state index contributed by atoms with van der Waals surface area (Å²) in [5.41, 5.74) is 6.34. The fraction of sp³-hybridized carbons (Fsp3) is 0.394. The van der Waals surface area contributed by atoms with Crippen LogP contribution in [0.15, 0.2) is 54.7 Å². The number of nitrogens with zero attached hydrogens (tertiary/aromatic N) is 4. The Balaban J connectivity index is 1.14. The lowest BCUT2D eigenvalue weighted by Crippen LogP contribution is -2.56. The molecule has 7 rings (SSSR count). The van der Waals surface area contributed by atoms with Crippen LogP contribution in [0.3, 0.4) is 0 Å². The lowest BCUT2D eigenvalue weighted by Gasteiger charge is -2.43. The zero-order valence-corrected chi connectivity index (χ0v) is 23.8. The number of fused-ring (bicyclic) bond motifs is 1. The van der Waals surface area contributed by atoms with Crippen LogP contribution in [0.4, 0.5) is 5.69 Å². The third-order valence-electron chi connectivity index (χ3n) is 8.67. The first-order valence-electron chi connectivity index (χ1n) is 14.7. The molecule has 0 radical (unpaired) electrons. The average molecular weight is 566 g/mol. The van der Waals surface area contributed by atoms with Crippen molar-refractivity contribution in [2.45, 2.75) is 25.0 Å². The number of nitrogens with one attached hydrogen (secondary N) is 1. The molecule has 0 atom stereocenters. The number of hydrogen-bond acceptors (Lipinski definition) is 8. The smallest absolute Gasteiger partial charge is 0.142 e. The van der Waals surface area contributed by atoms with Crippen LogP contribution in [0.2, 0.25) is 0 Å². The van der Waals surface area contributed by atoms with Gasteiger partial charge in [-0.15, -0.1) is 0 Å². The van der Waals surface area contributed by atoms with Crippen molar-refractivity contribution in [1.29, 1.82) is 5.26 Å². The molecule has 3 saturated heterocycles. The molecule has 3 fully saturated rings. The van der Waals surface area contributed by atoms with Gasteiger partial charge < -0.3 is 28.8 Å². The topological polar surface area (TPSA) is 95.9 Å². The minimum Gasteiger partial charge on any atom is -0.495 e. The number of methoxy groups -OCH3 is 1. The van der Waals surface area contributed by atoms with Gasteiger partial charge in [0.25, 0.3) is 0 Å². The number of aromatic amines is 1. The average Bonchev–Trinajstić information content (AvgIpc) is 3.46. The van der Waals surface area contributed by atoms with Gasteiger partial charge >= 0.3 is 0 Å². The van der Waals surface area contributed by atoms with Crippen molar-refractivity contribution < 1.29 is 18.9 Å². The molecule has 0 spiro atoms. The predicted molar refractivity (Wildman–Crippen MR) is 161 cm³/mol. The predicted octanol–water partition coefficient (Wildman–Crippen LogP) is 4.86. The van der Waals surface area contributed by atoms with Crippen molar-refractivity contribution in [1.82, 2.24) is 14.9 Å². The normalized spacial score (nSPS) is 18.5. The van der Waals surface area contributed by atoms with Crippen LogP contribution in [-0.4, -0.2) is 86.7 Å². The maximum absolute atomic E-state index is 9.90. The summed E-state index contributed by atoms with van der Waals surface area (Å²) >= 11 is 0. The van der Waals surface area contributed by atoms with E-state index in [1.165, 1.54) is 0 Å². The van der Waals surface area contributed by atoms with Crippen molar-refractivity contribution in [2.24, 2.45) is 0 Å². The second-order valence-corrected chi connectivity index (χ2v) is 11.2. The van der Waals surface area contributed by atoms with Gasteiger partial charge in [0.2, 0.25) is 0 Å². The number of piperazine rings is 1. The van der Waals surface area contributed by atoms with Crippen LogP contribution in [0.5, 0.6) is 11.5 Å². The summed E-state index contributed by atoms with van der Waals surface area (Å²) in [6, 6.07) is 19.2. The van der Waals surface area contributed by atoms with Crippen molar-refractivity contribution in [2.75, 3.05) is 64.6 Å². The summed E-state index contributed by atoms with van der Waals surface area (Å²) in [4.78, 5) is 13.2. The monoisotopic (exact) mass is 565 g/mol. The Bertz CT molecular complexity index is 1610. The number of H-pyrrole nitrogens is 1. The molecule has 3 aliphatic heterocycles. The van der Waals surface area contributed by atoms with Crippen LogP contribution in [0.1, 0.15) is 18.4 Å². The second-order valence-electron chi connectivity index (χ2n) is 11.2. The molecule has 0 amide bonds. The van der Waals surface area contributed by atoms with Gasteiger partial charge in [-0.3, -0.25) is 9.88 Å². The number of aromatic nitrogens is 2. The van der Waals surface area contributed by atoms with Crippen molar-refractivity contribution in [3.05, 3.63) is 60.3 Å². The summed E-state index contributed by atoms with van der Waals surface area (Å²) in [5.74, 6) is 1.48. The minimum absolute atomic E-state index is 0.0703. The van der Waals surface area contributed by atoms with Crippen LogP contribution >= 0.6 is 0 Å². The van der Waals surface area contributed by atoms with E-state index in [4.69, 9.17) is 23.9 Å². The van der Waals surface area contributed by atoms with E-state index in [2.05, 4.69) is 45.1 Å². The van der Waals surface area contributed by atoms with E-state index in [0.29, 0.717) is 30.6 Å². The van der Waals surface area contributed by atoms with E-state index in [0.717, 1.165) is 97.1 Å². The molecule has 5 heterocycles. The van der Waals surface area contributed by atoms with Crippen molar-refractivity contribution >= 4 is 16.6 Å². The zero-order chi connectivity index (χ0) is 28.5. The highest BCUT2D eigenvalue weighted by Crippen LogP contribution is 2.37. The molecule has 3 aliphatic rings. The molecule has 9 heteroatoms. The Morgan fingerprint density at radius 2 is 1.74 bits per heavy atom. The van der Waals surface area contributed by atoms with Gasteiger partial charge in [-0.25, -0.2) is 0 Å². The second kappa shape index (κ2) is 11.6. The molecule has 216 valence electrons. The standard InChI is InChI=1S/C33H35N5O4/c1-39-32-17-22(2-4-30(32)38-12-10-37(11-13-38)25-20-41-21-25)29-18-27-28(36-29)6-9-35-33(27)23-3-5-31(24(16-23)19-34)42-26-7-14-40-15-8-26/h2-6,9,16-18,25-26,36H,7-8,10-15,20-21H2,1H3. The third-order valence-corrected chi connectivity index (χ3v) is 8.67. The molecule has 4 aromatic rings. The van der Waals surface area contributed by atoms with E-state index < -0.39 is 0 Å². The minimum atomic E-state index is 0.0703. The molecular weight excluding hydrogens is 530 g/mol. The fourth-order valence-electron chi connectivity index (χ4n) is 6.15. The number of anilines is 1. The molecule has 1 N–H and O–H groups in total. The highest BCUT2D eigenvalue weighted by Gasteiger charge is 2.29. The number of ether oxygens (including phenoxy) is 4. The fourth-order valence-corrected chi connectivity index (χ4v) is 6.15. The first-order chi connectivity index (χ1) is 20.7. The van der Waals surface area contributed by atoms with Gasteiger partial charge in [-0.1, -0.05) is 6.07 Å². The van der Waals surface area contributed by atoms with E-state index in [9.17, 15) is 5.26 Å².